The maximum Gasteiger partial charge on any atom is 0.416 e. The second kappa shape index (κ2) is 15.9. The lowest BCUT2D eigenvalue weighted by molar-refractivity contribution is -0.157. The highest BCUT2D eigenvalue weighted by Gasteiger charge is 2.45. The van der Waals surface area contributed by atoms with Gasteiger partial charge in [-0.05, 0) is 91.2 Å². The van der Waals surface area contributed by atoms with E-state index in [1.54, 1.807) is 21.0 Å². The number of ketones is 1. The quantitative estimate of drug-likeness (QED) is 0.0913. The van der Waals surface area contributed by atoms with Gasteiger partial charge in [0.1, 0.15) is 24.1 Å². The summed E-state index contributed by atoms with van der Waals surface area (Å²) in [7, 11) is 1.67. The molecule has 0 bridgehead atoms. The Balaban J connectivity index is 1.64. The molecule has 2 aromatic carbocycles. The van der Waals surface area contributed by atoms with Gasteiger partial charge in [0, 0.05) is 12.3 Å². The third-order valence-corrected chi connectivity index (χ3v) is 9.59. The zero-order valence-electron chi connectivity index (χ0n) is 28.9. The van der Waals surface area contributed by atoms with Crippen molar-refractivity contribution in [2.45, 2.75) is 123 Å². The molecule has 48 heavy (non-hydrogen) atoms. The van der Waals surface area contributed by atoms with E-state index in [1.165, 1.54) is 0 Å². The van der Waals surface area contributed by atoms with Crippen LogP contribution in [0.2, 0.25) is 0 Å². The van der Waals surface area contributed by atoms with Gasteiger partial charge in [0.2, 0.25) is 0 Å². The van der Waals surface area contributed by atoms with Gasteiger partial charge >= 0.3 is 18.3 Å². The van der Waals surface area contributed by atoms with Crippen molar-refractivity contribution in [1.29, 1.82) is 0 Å². The molecule has 4 nitrogen and oxygen atoms in total. The number of para-hydroxylation sites is 1. The SMILES string of the molecule is COc1c(CC/C=C(\C)CCC(=O)CC(=O)O[C@H]2C[C@H](C)CC[C@H]2C(C)(C)c2cc(C(F)(F)F)cc(C(F)(F)F)c2)cccc1C(C)C. The zero-order chi connectivity index (χ0) is 36.0. The van der Waals surface area contributed by atoms with Crippen molar-refractivity contribution in [3.63, 3.8) is 0 Å². The minimum atomic E-state index is -4.97. The summed E-state index contributed by atoms with van der Waals surface area (Å²) in [5, 5.41) is 0. The summed E-state index contributed by atoms with van der Waals surface area (Å²) in [6, 6.07) is 7.75. The van der Waals surface area contributed by atoms with Gasteiger partial charge in [-0.3, -0.25) is 9.59 Å². The van der Waals surface area contributed by atoms with Crippen LogP contribution >= 0.6 is 0 Å². The van der Waals surface area contributed by atoms with Crippen molar-refractivity contribution in [1.82, 2.24) is 0 Å². The van der Waals surface area contributed by atoms with Crippen LogP contribution in [0.25, 0.3) is 0 Å². The number of hydrogen-bond acceptors (Lipinski definition) is 4. The van der Waals surface area contributed by atoms with Crippen LogP contribution in [0, 0.1) is 11.8 Å². The minimum absolute atomic E-state index is 0.116. The van der Waals surface area contributed by atoms with Crippen molar-refractivity contribution in [3.05, 3.63) is 75.9 Å². The third kappa shape index (κ3) is 10.3. The standard InChI is InChI=1S/C38H48F6O4/c1-23(2)31-13-9-12-26(35(31)47-7)11-8-10-24(3)14-16-30(45)22-34(46)48-33-18-25(4)15-17-32(33)36(5,6)27-19-28(37(39,40)41)21-29(20-27)38(42,43)44/h9-10,12-13,19-21,23,25,32-33H,8,11,14-18,22H2,1-7H3/b24-10+/t25-,32-,33+/m1/s1. The first kappa shape index (κ1) is 39.1. The second-order valence-electron chi connectivity index (χ2n) is 14.1. The van der Waals surface area contributed by atoms with E-state index >= 15 is 0 Å². The van der Waals surface area contributed by atoms with Crippen LogP contribution in [-0.2, 0) is 38.5 Å². The number of aryl methyl sites for hydroxylation is 1. The van der Waals surface area contributed by atoms with Gasteiger partial charge in [0.05, 0.1) is 18.2 Å². The molecule has 1 aliphatic carbocycles. The van der Waals surface area contributed by atoms with Crippen molar-refractivity contribution in [2.75, 3.05) is 7.11 Å². The van der Waals surface area contributed by atoms with Crippen LogP contribution in [0.4, 0.5) is 26.3 Å². The normalized spacial score (nSPS) is 19.4. The van der Waals surface area contributed by atoms with E-state index in [1.807, 2.05) is 26.0 Å². The average molecular weight is 683 g/mol. The largest absolute Gasteiger partial charge is 0.496 e. The molecule has 0 amide bonds. The summed E-state index contributed by atoms with van der Waals surface area (Å²) in [4.78, 5) is 25.7. The number of halogens is 6. The number of benzene rings is 2. The molecular weight excluding hydrogens is 634 g/mol. The smallest absolute Gasteiger partial charge is 0.416 e. The van der Waals surface area contributed by atoms with E-state index in [-0.39, 0.29) is 29.8 Å². The van der Waals surface area contributed by atoms with Gasteiger partial charge < -0.3 is 9.47 Å². The van der Waals surface area contributed by atoms with Crippen molar-refractivity contribution >= 4 is 11.8 Å². The number of Topliss-reactive ketones (excluding diaryl/α,β-unsaturated/α-hetero) is 1. The number of ether oxygens (including phenoxy) is 2. The predicted octanol–water partition coefficient (Wildman–Crippen LogP) is 10.8. The van der Waals surface area contributed by atoms with Crippen LogP contribution in [0.5, 0.6) is 5.75 Å². The fourth-order valence-electron chi connectivity index (χ4n) is 6.70. The monoisotopic (exact) mass is 682 g/mol. The van der Waals surface area contributed by atoms with Crippen LogP contribution in [0.1, 0.15) is 120 Å². The molecular formula is C38H48F6O4. The van der Waals surface area contributed by atoms with Crippen LogP contribution < -0.4 is 4.74 Å². The summed E-state index contributed by atoms with van der Waals surface area (Å²) in [6.07, 6.45) is -5.43. The maximum absolute atomic E-state index is 13.6. The lowest BCUT2D eigenvalue weighted by Gasteiger charge is -2.44. The Morgan fingerprint density at radius 1 is 0.938 bits per heavy atom. The number of carbonyl (C=O) groups is 2. The minimum Gasteiger partial charge on any atom is -0.496 e. The number of esters is 1. The average Bonchev–Trinajstić information content (AvgIpc) is 2.98. The first-order chi connectivity index (χ1) is 22.2. The maximum atomic E-state index is 13.6. The van der Waals surface area contributed by atoms with E-state index in [4.69, 9.17) is 9.47 Å². The van der Waals surface area contributed by atoms with Gasteiger partial charge in [-0.2, -0.15) is 26.3 Å². The molecule has 3 atom stereocenters. The van der Waals surface area contributed by atoms with Gasteiger partial charge in [-0.1, -0.05) is 70.9 Å². The number of alkyl halides is 6. The summed E-state index contributed by atoms with van der Waals surface area (Å²) in [5.74, 6) is -0.243. The van der Waals surface area contributed by atoms with Crippen molar-refractivity contribution < 1.29 is 45.4 Å². The van der Waals surface area contributed by atoms with Crippen LogP contribution in [-0.4, -0.2) is 25.0 Å². The second-order valence-corrected chi connectivity index (χ2v) is 14.1. The Kier molecular flexibility index (Phi) is 13.0. The highest BCUT2D eigenvalue weighted by atomic mass is 19.4. The molecule has 1 fully saturated rings. The lowest BCUT2D eigenvalue weighted by atomic mass is 9.64. The van der Waals surface area contributed by atoms with Crippen molar-refractivity contribution in [2.24, 2.45) is 11.8 Å². The molecule has 3 rings (SSSR count). The fourth-order valence-corrected chi connectivity index (χ4v) is 6.70. The van der Waals surface area contributed by atoms with Gasteiger partial charge in [-0.15, -0.1) is 0 Å². The Morgan fingerprint density at radius 3 is 2.10 bits per heavy atom. The van der Waals surface area contributed by atoms with Gasteiger partial charge in [0.15, 0.2) is 0 Å². The molecule has 0 aliphatic heterocycles. The van der Waals surface area contributed by atoms with E-state index in [0.29, 0.717) is 31.6 Å². The molecule has 0 aromatic heterocycles. The molecule has 0 unspecified atom stereocenters. The molecule has 0 radical (unpaired) electrons. The topological polar surface area (TPSA) is 52.6 Å². The Labute approximate surface area is 280 Å². The number of carbonyl (C=O) groups excluding carboxylic acids is 2. The third-order valence-electron chi connectivity index (χ3n) is 9.59. The number of rotatable bonds is 13. The first-order valence-corrected chi connectivity index (χ1v) is 16.6. The predicted molar refractivity (Wildman–Crippen MR) is 174 cm³/mol. The van der Waals surface area contributed by atoms with E-state index < -0.39 is 53.3 Å². The highest BCUT2D eigenvalue weighted by Crippen LogP contribution is 2.46. The Morgan fingerprint density at radius 2 is 1.54 bits per heavy atom. The number of methoxy groups -OCH3 is 1. The molecule has 0 heterocycles. The molecule has 10 heteroatoms. The summed E-state index contributed by atoms with van der Waals surface area (Å²) >= 11 is 0. The van der Waals surface area contributed by atoms with Crippen molar-refractivity contribution in [3.8, 4) is 5.75 Å². The molecule has 1 aliphatic rings. The molecule has 266 valence electrons. The zero-order valence-corrected chi connectivity index (χ0v) is 28.9. The van der Waals surface area contributed by atoms with E-state index in [9.17, 15) is 35.9 Å². The van der Waals surface area contributed by atoms with Gasteiger partial charge in [0.25, 0.3) is 0 Å². The summed E-state index contributed by atoms with van der Waals surface area (Å²) in [5.41, 5.74) is -0.817. The molecule has 0 N–H and O–H groups in total. The van der Waals surface area contributed by atoms with Gasteiger partial charge in [-0.25, -0.2) is 0 Å². The van der Waals surface area contributed by atoms with E-state index in [2.05, 4.69) is 26.0 Å². The molecule has 2 aromatic rings. The summed E-state index contributed by atoms with van der Waals surface area (Å²) < 4.78 is 93.2. The number of hydrogen-bond donors (Lipinski definition) is 0. The summed E-state index contributed by atoms with van der Waals surface area (Å²) in [6.45, 7) is 11.3. The fraction of sp³-hybridized carbons (Fsp3) is 0.579. The van der Waals surface area contributed by atoms with Crippen LogP contribution in [0.15, 0.2) is 48.0 Å². The highest BCUT2D eigenvalue weighted by molar-refractivity contribution is 5.95. The molecule has 0 spiro atoms. The van der Waals surface area contributed by atoms with Crippen LogP contribution in [0.3, 0.4) is 0 Å². The Hall–Kier alpha value is -3.30. The Bertz CT molecular complexity index is 1420. The number of allylic oxidation sites excluding steroid dienone is 2. The first-order valence-electron chi connectivity index (χ1n) is 16.6. The molecule has 1 saturated carbocycles. The lowest BCUT2D eigenvalue weighted by Crippen LogP contribution is -2.44. The molecule has 0 saturated heterocycles. The van der Waals surface area contributed by atoms with E-state index in [0.717, 1.165) is 47.4 Å².